The van der Waals surface area contributed by atoms with Crippen LogP contribution in [0.5, 0.6) is 0 Å². The van der Waals surface area contributed by atoms with Gasteiger partial charge in [0, 0.05) is 17.8 Å². The van der Waals surface area contributed by atoms with Crippen molar-refractivity contribution >= 4 is 17.6 Å². The number of carboxylic acid groups (broad SMARTS) is 1. The number of benzene rings is 1. The Balaban J connectivity index is 2.12. The SMILES string of the molecule is Cc1cccc2c1NC(=O)C2NCCC(=O)O. The van der Waals surface area contributed by atoms with E-state index in [0.29, 0.717) is 0 Å². The third-order valence-corrected chi connectivity index (χ3v) is 2.81. The quantitative estimate of drug-likeness (QED) is 0.727. The van der Waals surface area contributed by atoms with Crippen molar-refractivity contribution in [3.63, 3.8) is 0 Å². The minimum absolute atomic E-state index is 0.00489. The zero-order valence-electron chi connectivity index (χ0n) is 9.49. The maximum atomic E-state index is 11.7. The summed E-state index contributed by atoms with van der Waals surface area (Å²) in [5, 5.41) is 14.3. The van der Waals surface area contributed by atoms with Crippen LogP contribution in [0, 0.1) is 6.92 Å². The first-order chi connectivity index (χ1) is 8.09. The van der Waals surface area contributed by atoms with Gasteiger partial charge < -0.3 is 15.7 Å². The van der Waals surface area contributed by atoms with Gasteiger partial charge in [-0.1, -0.05) is 18.2 Å². The molecule has 90 valence electrons. The van der Waals surface area contributed by atoms with Gasteiger partial charge in [-0.2, -0.15) is 0 Å². The largest absolute Gasteiger partial charge is 0.481 e. The van der Waals surface area contributed by atoms with Crippen LogP contribution in [-0.4, -0.2) is 23.5 Å². The number of hydrogen-bond donors (Lipinski definition) is 3. The Morgan fingerprint density at radius 1 is 1.53 bits per heavy atom. The fourth-order valence-electron chi connectivity index (χ4n) is 1.96. The van der Waals surface area contributed by atoms with Gasteiger partial charge in [-0.3, -0.25) is 9.59 Å². The van der Waals surface area contributed by atoms with E-state index in [2.05, 4.69) is 10.6 Å². The molecule has 1 aliphatic rings. The third-order valence-electron chi connectivity index (χ3n) is 2.81. The van der Waals surface area contributed by atoms with Crippen molar-refractivity contribution < 1.29 is 14.7 Å². The molecule has 1 unspecified atom stereocenters. The van der Waals surface area contributed by atoms with E-state index in [1.54, 1.807) is 0 Å². The third kappa shape index (κ3) is 2.29. The minimum atomic E-state index is -0.875. The highest BCUT2D eigenvalue weighted by molar-refractivity contribution is 6.03. The van der Waals surface area contributed by atoms with Gasteiger partial charge in [0.2, 0.25) is 5.91 Å². The number of amides is 1. The summed E-state index contributed by atoms with van der Waals surface area (Å²) in [5.41, 5.74) is 2.74. The van der Waals surface area contributed by atoms with E-state index >= 15 is 0 Å². The molecule has 0 saturated carbocycles. The first kappa shape index (κ1) is 11.6. The summed E-state index contributed by atoms with van der Waals surface area (Å²) in [7, 11) is 0. The Labute approximate surface area is 98.8 Å². The molecule has 1 aromatic carbocycles. The summed E-state index contributed by atoms with van der Waals surface area (Å²) in [6, 6.07) is 5.25. The van der Waals surface area contributed by atoms with E-state index < -0.39 is 12.0 Å². The lowest BCUT2D eigenvalue weighted by molar-refractivity contribution is -0.137. The molecule has 0 saturated heterocycles. The molecule has 0 aromatic heterocycles. The Morgan fingerprint density at radius 2 is 2.29 bits per heavy atom. The van der Waals surface area contributed by atoms with E-state index in [-0.39, 0.29) is 18.9 Å². The number of carbonyl (C=O) groups is 2. The fourth-order valence-corrected chi connectivity index (χ4v) is 1.96. The maximum absolute atomic E-state index is 11.7. The molecule has 0 fully saturated rings. The van der Waals surface area contributed by atoms with Gasteiger partial charge in [-0.05, 0) is 12.5 Å². The number of aliphatic carboxylic acids is 1. The van der Waals surface area contributed by atoms with Gasteiger partial charge in [-0.25, -0.2) is 0 Å². The van der Waals surface area contributed by atoms with Crippen molar-refractivity contribution in [2.75, 3.05) is 11.9 Å². The lowest BCUT2D eigenvalue weighted by Crippen LogP contribution is -2.29. The van der Waals surface area contributed by atoms with E-state index in [9.17, 15) is 9.59 Å². The van der Waals surface area contributed by atoms with E-state index in [0.717, 1.165) is 16.8 Å². The molecule has 3 N–H and O–H groups in total. The molecular weight excluding hydrogens is 220 g/mol. The zero-order chi connectivity index (χ0) is 12.4. The predicted octanol–water partition coefficient (Wildman–Crippen LogP) is 1.05. The predicted molar refractivity (Wildman–Crippen MR) is 62.8 cm³/mol. The second-order valence-corrected chi connectivity index (χ2v) is 4.06. The number of carbonyl (C=O) groups excluding carboxylic acids is 1. The second kappa shape index (κ2) is 4.55. The minimum Gasteiger partial charge on any atom is -0.481 e. The highest BCUT2D eigenvalue weighted by Crippen LogP contribution is 2.32. The average Bonchev–Trinajstić information content (AvgIpc) is 2.57. The summed E-state index contributed by atoms with van der Waals surface area (Å²) in [6.07, 6.45) is 0.00489. The van der Waals surface area contributed by atoms with E-state index in [4.69, 9.17) is 5.11 Å². The summed E-state index contributed by atoms with van der Waals surface area (Å²) >= 11 is 0. The van der Waals surface area contributed by atoms with Crippen molar-refractivity contribution in [3.8, 4) is 0 Å². The van der Waals surface area contributed by atoms with Gasteiger partial charge >= 0.3 is 5.97 Å². The average molecular weight is 234 g/mol. The molecule has 1 heterocycles. The molecule has 5 nitrogen and oxygen atoms in total. The monoisotopic (exact) mass is 234 g/mol. The lowest BCUT2D eigenvalue weighted by Gasteiger charge is -2.10. The van der Waals surface area contributed by atoms with Crippen molar-refractivity contribution in [1.29, 1.82) is 0 Å². The van der Waals surface area contributed by atoms with Crippen LogP contribution in [0.25, 0.3) is 0 Å². The molecule has 17 heavy (non-hydrogen) atoms. The first-order valence-corrected chi connectivity index (χ1v) is 5.45. The Kier molecular flexibility index (Phi) is 3.10. The second-order valence-electron chi connectivity index (χ2n) is 4.06. The summed E-state index contributed by atoms with van der Waals surface area (Å²) in [5.74, 6) is -1.000. The number of para-hydroxylation sites is 1. The Bertz CT molecular complexity index is 471. The van der Waals surface area contributed by atoms with Crippen molar-refractivity contribution in [2.45, 2.75) is 19.4 Å². The Morgan fingerprint density at radius 3 is 3.00 bits per heavy atom. The van der Waals surface area contributed by atoms with Crippen LogP contribution >= 0.6 is 0 Å². The van der Waals surface area contributed by atoms with Crippen LogP contribution in [-0.2, 0) is 9.59 Å². The molecule has 2 rings (SSSR count). The van der Waals surface area contributed by atoms with Crippen LogP contribution in [0.4, 0.5) is 5.69 Å². The molecule has 0 bridgehead atoms. The van der Waals surface area contributed by atoms with Gasteiger partial charge in [0.05, 0.1) is 6.42 Å². The van der Waals surface area contributed by atoms with Crippen LogP contribution in [0.1, 0.15) is 23.6 Å². The van der Waals surface area contributed by atoms with E-state index in [1.165, 1.54) is 0 Å². The number of aryl methyl sites for hydroxylation is 1. The molecule has 0 spiro atoms. The number of carboxylic acids is 1. The van der Waals surface area contributed by atoms with E-state index in [1.807, 2.05) is 25.1 Å². The molecule has 1 aliphatic heterocycles. The van der Waals surface area contributed by atoms with Gasteiger partial charge in [-0.15, -0.1) is 0 Å². The number of fused-ring (bicyclic) bond motifs is 1. The smallest absolute Gasteiger partial charge is 0.304 e. The summed E-state index contributed by atoms with van der Waals surface area (Å²) in [4.78, 5) is 22.2. The summed E-state index contributed by atoms with van der Waals surface area (Å²) in [6.45, 7) is 2.21. The number of rotatable bonds is 4. The molecule has 0 aliphatic carbocycles. The fraction of sp³-hybridized carbons (Fsp3) is 0.333. The highest BCUT2D eigenvalue weighted by Gasteiger charge is 2.30. The number of hydrogen-bond acceptors (Lipinski definition) is 3. The lowest BCUT2D eigenvalue weighted by atomic mass is 10.1. The molecule has 5 heteroatoms. The van der Waals surface area contributed by atoms with Crippen LogP contribution in [0.15, 0.2) is 18.2 Å². The van der Waals surface area contributed by atoms with Gasteiger partial charge in [0.15, 0.2) is 0 Å². The zero-order valence-corrected chi connectivity index (χ0v) is 9.49. The molecule has 0 radical (unpaired) electrons. The highest BCUT2D eigenvalue weighted by atomic mass is 16.4. The first-order valence-electron chi connectivity index (χ1n) is 5.45. The molecule has 1 amide bonds. The van der Waals surface area contributed by atoms with Crippen molar-refractivity contribution in [2.24, 2.45) is 0 Å². The maximum Gasteiger partial charge on any atom is 0.304 e. The number of nitrogens with one attached hydrogen (secondary N) is 2. The molecular formula is C12H14N2O3. The summed E-state index contributed by atoms with van der Waals surface area (Å²) < 4.78 is 0. The van der Waals surface area contributed by atoms with Crippen LogP contribution < -0.4 is 10.6 Å². The molecule has 1 atom stereocenters. The topological polar surface area (TPSA) is 78.4 Å². The van der Waals surface area contributed by atoms with Crippen LogP contribution in [0.3, 0.4) is 0 Å². The van der Waals surface area contributed by atoms with Crippen LogP contribution in [0.2, 0.25) is 0 Å². The van der Waals surface area contributed by atoms with Gasteiger partial charge in [0.1, 0.15) is 6.04 Å². The Hall–Kier alpha value is -1.88. The van der Waals surface area contributed by atoms with Crippen molar-refractivity contribution in [1.82, 2.24) is 5.32 Å². The number of anilines is 1. The standard InChI is InChI=1S/C12H14N2O3/c1-7-3-2-4-8-10(7)14-12(17)11(8)13-6-5-9(15)16/h2-4,11,13H,5-6H2,1H3,(H,14,17)(H,15,16). The van der Waals surface area contributed by atoms with Crippen molar-refractivity contribution in [3.05, 3.63) is 29.3 Å². The normalized spacial score (nSPS) is 17.7. The molecule has 1 aromatic rings. The van der Waals surface area contributed by atoms with Gasteiger partial charge in [0.25, 0.3) is 0 Å².